The van der Waals surface area contributed by atoms with Crippen LogP contribution in [0.15, 0.2) is 72.8 Å². The van der Waals surface area contributed by atoms with Crippen molar-refractivity contribution in [1.29, 1.82) is 0 Å². The Labute approximate surface area is 156 Å². The molecular formula is C24H28N2. The molecular weight excluding hydrogens is 316 g/mol. The molecule has 0 spiro atoms. The van der Waals surface area contributed by atoms with Gasteiger partial charge in [0.25, 0.3) is 0 Å². The summed E-state index contributed by atoms with van der Waals surface area (Å²) in [5.41, 5.74) is 19.0. The molecule has 0 aliphatic heterocycles. The van der Waals surface area contributed by atoms with Crippen LogP contribution in [0.1, 0.15) is 24.0 Å². The molecule has 0 bridgehead atoms. The fraction of sp³-hybridized carbons (Fsp3) is 0.250. The zero-order valence-electron chi connectivity index (χ0n) is 15.3. The molecule has 0 amide bonds. The van der Waals surface area contributed by atoms with E-state index in [2.05, 4.69) is 72.8 Å². The van der Waals surface area contributed by atoms with Crippen molar-refractivity contribution in [3.63, 3.8) is 0 Å². The lowest BCUT2D eigenvalue weighted by molar-refractivity contribution is 0.833. The molecule has 26 heavy (non-hydrogen) atoms. The van der Waals surface area contributed by atoms with Crippen molar-refractivity contribution >= 4 is 0 Å². The molecule has 0 fully saturated rings. The van der Waals surface area contributed by atoms with Gasteiger partial charge in [-0.3, -0.25) is 0 Å². The van der Waals surface area contributed by atoms with Gasteiger partial charge in [-0.05, 0) is 78.2 Å². The maximum Gasteiger partial charge on any atom is -0.00741 e. The van der Waals surface area contributed by atoms with Gasteiger partial charge in [0.15, 0.2) is 0 Å². The Kier molecular flexibility index (Phi) is 6.59. The van der Waals surface area contributed by atoms with E-state index >= 15 is 0 Å². The van der Waals surface area contributed by atoms with Gasteiger partial charge in [0, 0.05) is 0 Å². The van der Waals surface area contributed by atoms with E-state index in [9.17, 15) is 0 Å². The van der Waals surface area contributed by atoms with Gasteiger partial charge in [0.2, 0.25) is 0 Å². The van der Waals surface area contributed by atoms with E-state index < -0.39 is 0 Å². The van der Waals surface area contributed by atoms with E-state index in [1.807, 2.05) is 0 Å². The summed E-state index contributed by atoms with van der Waals surface area (Å²) in [7, 11) is 0. The number of aryl methyl sites for hydroxylation is 2. The average molecular weight is 345 g/mol. The van der Waals surface area contributed by atoms with E-state index in [-0.39, 0.29) is 0 Å². The van der Waals surface area contributed by atoms with Crippen molar-refractivity contribution in [2.75, 3.05) is 13.1 Å². The van der Waals surface area contributed by atoms with E-state index in [1.165, 1.54) is 33.4 Å². The first kappa shape index (κ1) is 18.4. The fourth-order valence-corrected chi connectivity index (χ4v) is 3.30. The highest BCUT2D eigenvalue weighted by Crippen LogP contribution is 2.28. The molecule has 4 N–H and O–H groups in total. The Bertz CT molecular complexity index is 772. The minimum absolute atomic E-state index is 0.736. The molecule has 0 unspecified atom stereocenters. The zero-order chi connectivity index (χ0) is 18.2. The summed E-state index contributed by atoms with van der Waals surface area (Å²) in [5, 5.41) is 0. The lowest BCUT2D eigenvalue weighted by Gasteiger charge is -2.09. The minimum Gasteiger partial charge on any atom is -0.330 e. The largest absolute Gasteiger partial charge is 0.330 e. The summed E-state index contributed by atoms with van der Waals surface area (Å²) in [4.78, 5) is 0. The molecule has 2 heteroatoms. The van der Waals surface area contributed by atoms with Crippen LogP contribution in [0.2, 0.25) is 0 Å². The maximum absolute atomic E-state index is 5.65. The third-order valence-corrected chi connectivity index (χ3v) is 4.72. The molecule has 0 radical (unpaired) electrons. The summed E-state index contributed by atoms with van der Waals surface area (Å²) in [6.07, 6.45) is 4.12. The normalized spacial score (nSPS) is 10.8. The number of hydrogen-bond donors (Lipinski definition) is 2. The van der Waals surface area contributed by atoms with Crippen molar-refractivity contribution in [1.82, 2.24) is 0 Å². The quantitative estimate of drug-likeness (QED) is 0.616. The minimum atomic E-state index is 0.736. The molecule has 0 saturated carbocycles. The number of hydrogen-bond acceptors (Lipinski definition) is 2. The topological polar surface area (TPSA) is 52.0 Å². The van der Waals surface area contributed by atoms with Gasteiger partial charge in [-0.15, -0.1) is 0 Å². The van der Waals surface area contributed by atoms with Crippen molar-refractivity contribution < 1.29 is 0 Å². The van der Waals surface area contributed by atoms with Crippen LogP contribution in [0.25, 0.3) is 22.3 Å². The summed E-state index contributed by atoms with van der Waals surface area (Å²) >= 11 is 0. The smallest absolute Gasteiger partial charge is 0.00741 e. The van der Waals surface area contributed by atoms with Gasteiger partial charge in [-0.1, -0.05) is 66.7 Å². The Morgan fingerprint density at radius 1 is 0.500 bits per heavy atom. The first-order chi connectivity index (χ1) is 12.8. The van der Waals surface area contributed by atoms with Gasteiger partial charge in [-0.25, -0.2) is 0 Å². The molecule has 3 rings (SSSR count). The second-order valence-corrected chi connectivity index (χ2v) is 6.77. The van der Waals surface area contributed by atoms with Crippen LogP contribution in [0, 0.1) is 0 Å². The standard InChI is InChI=1S/C24H28N2/c25-14-4-8-19-6-1-10-21(16-19)23-12-3-13-24(18-23)22-11-2-7-20(17-22)9-5-15-26/h1-3,6-7,10-13,16-18H,4-5,8-9,14-15,25-26H2. The molecule has 0 aliphatic carbocycles. The third kappa shape index (κ3) is 4.81. The monoisotopic (exact) mass is 344 g/mol. The van der Waals surface area contributed by atoms with Crippen LogP contribution >= 0.6 is 0 Å². The predicted octanol–water partition coefficient (Wildman–Crippen LogP) is 4.80. The molecule has 3 aromatic rings. The lowest BCUT2D eigenvalue weighted by Crippen LogP contribution is -2.00. The Morgan fingerprint density at radius 3 is 1.31 bits per heavy atom. The average Bonchev–Trinajstić information content (AvgIpc) is 2.71. The summed E-state index contributed by atoms with van der Waals surface area (Å²) in [6.45, 7) is 1.47. The van der Waals surface area contributed by atoms with Gasteiger partial charge >= 0.3 is 0 Å². The molecule has 0 heterocycles. The second kappa shape index (κ2) is 9.33. The second-order valence-electron chi connectivity index (χ2n) is 6.77. The number of nitrogens with two attached hydrogens (primary N) is 2. The van der Waals surface area contributed by atoms with Gasteiger partial charge in [0.05, 0.1) is 0 Å². The first-order valence-corrected chi connectivity index (χ1v) is 9.49. The van der Waals surface area contributed by atoms with Crippen molar-refractivity contribution in [3.05, 3.63) is 83.9 Å². The van der Waals surface area contributed by atoms with E-state index in [4.69, 9.17) is 11.5 Å². The Hall–Kier alpha value is -2.42. The Morgan fingerprint density at radius 2 is 0.885 bits per heavy atom. The summed E-state index contributed by atoms with van der Waals surface area (Å²) in [5.74, 6) is 0. The van der Waals surface area contributed by atoms with E-state index in [0.29, 0.717) is 0 Å². The highest BCUT2D eigenvalue weighted by atomic mass is 14.5. The van der Waals surface area contributed by atoms with Crippen molar-refractivity contribution in [2.45, 2.75) is 25.7 Å². The summed E-state index contributed by atoms with van der Waals surface area (Å²) < 4.78 is 0. The van der Waals surface area contributed by atoms with Crippen molar-refractivity contribution in [3.8, 4) is 22.3 Å². The SMILES string of the molecule is NCCCc1cccc(-c2cccc(-c3cccc(CCCN)c3)c2)c1. The summed E-state index contributed by atoms with van der Waals surface area (Å²) in [6, 6.07) is 26.4. The van der Waals surface area contributed by atoms with Crippen LogP contribution in [0.3, 0.4) is 0 Å². The van der Waals surface area contributed by atoms with Crippen LogP contribution in [0.5, 0.6) is 0 Å². The lowest BCUT2D eigenvalue weighted by atomic mass is 9.96. The highest BCUT2D eigenvalue weighted by Gasteiger charge is 2.04. The third-order valence-electron chi connectivity index (χ3n) is 4.72. The van der Waals surface area contributed by atoms with Gasteiger partial charge in [-0.2, -0.15) is 0 Å². The maximum atomic E-state index is 5.65. The predicted molar refractivity (Wildman–Crippen MR) is 112 cm³/mol. The fourth-order valence-electron chi connectivity index (χ4n) is 3.30. The Balaban J connectivity index is 1.87. The highest BCUT2D eigenvalue weighted by molar-refractivity contribution is 5.73. The first-order valence-electron chi connectivity index (χ1n) is 9.49. The zero-order valence-corrected chi connectivity index (χ0v) is 15.3. The molecule has 3 aromatic carbocycles. The number of rotatable bonds is 8. The molecule has 134 valence electrons. The molecule has 0 saturated heterocycles. The van der Waals surface area contributed by atoms with E-state index in [0.717, 1.165) is 38.8 Å². The van der Waals surface area contributed by atoms with Gasteiger partial charge in [0.1, 0.15) is 0 Å². The molecule has 0 atom stereocenters. The van der Waals surface area contributed by atoms with Crippen LogP contribution in [-0.2, 0) is 12.8 Å². The van der Waals surface area contributed by atoms with Crippen LogP contribution in [-0.4, -0.2) is 13.1 Å². The molecule has 2 nitrogen and oxygen atoms in total. The number of benzene rings is 3. The van der Waals surface area contributed by atoms with Crippen LogP contribution < -0.4 is 11.5 Å². The van der Waals surface area contributed by atoms with Gasteiger partial charge < -0.3 is 11.5 Å². The molecule has 0 aromatic heterocycles. The van der Waals surface area contributed by atoms with Crippen LogP contribution in [0.4, 0.5) is 0 Å². The van der Waals surface area contributed by atoms with E-state index in [1.54, 1.807) is 0 Å². The molecule has 0 aliphatic rings. The van der Waals surface area contributed by atoms with Crippen molar-refractivity contribution in [2.24, 2.45) is 11.5 Å².